The van der Waals surface area contributed by atoms with Gasteiger partial charge in [-0.2, -0.15) is 0 Å². The highest BCUT2D eigenvalue weighted by Crippen LogP contribution is 2.15. The zero-order valence-electron chi connectivity index (χ0n) is 7.98. The van der Waals surface area contributed by atoms with Gasteiger partial charge in [0.05, 0.1) is 20.3 Å². The van der Waals surface area contributed by atoms with E-state index in [2.05, 4.69) is 4.74 Å². The number of amides is 1. The Bertz CT molecular complexity index is 275. The molecule has 0 aliphatic carbocycles. The molecule has 78 valence electrons. The van der Waals surface area contributed by atoms with E-state index in [-0.39, 0.29) is 13.2 Å². The van der Waals surface area contributed by atoms with Crippen LogP contribution in [0.4, 0.5) is 0 Å². The smallest absolute Gasteiger partial charge is 0.318 e. The average molecular weight is 201 g/mol. The van der Waals surface area contributed by atoms with Crippen molar-refractivity contribution in [2.45, 2.75) is 6.92 Å². The second-order valence-corrected chi connectivity index (χ2v) is 2.72. The van der Waals surface area contributed by atoms with Crippen LogP contribution in [0.2, 0.25) is 0 Å². The highest BCUT2D eigenvalue weighted by Gasteiger charge is 2.44. The molecule has 0 N–H and O–H groups in total. The minimum absolute atomic E-state index is 0.0574. The van der Waals surface area contributed by atoms with E-state index in [1.54, 1.807) is 6.92 Å². The summed E-state index contributed by atoms with van der Waals surface area (Å²) >= 11 is 0. The van der Waals surface area contributed by atoms with Gasteiger partial charge in [-0.05, 0) is 6.92 Å². The van der Waals surface area contributed by atoms with Crippen LogP contribution in [0.25, 0.3) is 0 Å². The molecule has 1 saturated heterocycles. The first kappa shape index (κ1) is 10.6. The minimum Gasteiger partial charge on any atom is -0.468 e. The molecule has 6 heteroatoms. The normalized spacial score (nSPS) is 21.6. The van der Waals surface area contributed by atoms with E-state index in [1.165, 1.54) is 7.11 Å². The third kappa shape index (κ3) is 1.74. The number of hydrogen-bond donors (Lipinski definition) is 0. The number of ketones is 1. The number of Topliss-reactive ketones (excluding diaryl/α,β-unsaturated/α-hetero) is 1. The summed E-state index contributed by atoms with van der Waals surface area (Å²) in [6.07, 6.45) is 0. The molecule has 0 spiro atoms. The first-order valence-electron chi connectivity index (χ1n) is 4.18. The number of carbonyl (C=O) groups excluding carboxylic acids is 3. The van der Waals surface area contributed by atoms with Crippen LogP contribution in [0.1, 0.15) is 6.92 Å². The fraction of sp³-hybridized carbons (Fsp3) is 0.625. The van der Waals surface area contributed by atoms with E-state index in [4.69, 9.17) is 4.84 Å². The van der Waals surface area contributed by atoms with Crippen LogP contribution in [-0.2, 0) is 24.0 Å². The molecule has 1 amide bonds. The van der Waals surface area contributed by atoms with E-state index in [9.17, 15) is 14.4 Å². The van der Waals surface area contributed by atoms with Crippen LogP contribution in [-0.4, -0.2) is 43.0 Å². The lowest BCUT2D eigenvalue weighted by molar-refractivity contribution is -0.178. The van der Waals surface area contributed by atoms with Gasteiger partial charge in [-0.15, -0.1) is 0 Å². The largest absolute Gasteiger partial charge is 0.468 e. The fourth-order valence-electron chi connectivity index (χ4n) is 1.19. The third-order valence-electron chi connectivity index (χ3n) is 1.87. The van der Waals surface area contributed by atoms with Gasteiger partial charge >= 0.3 is 11.9 Å². The summed E-state index contributed by atoms with van der Waals surface area (Å²) in [5.41, 5.74) is 0. The molecule has 0 unspecified atom stereocenters. The highest BCUT2D eigenvalue weighted by atomic mass is 16.7. The summed E-state index contributed by atoms with van der Waals surface area (Å²) in [4.78, 5) is 38.3. The molecule has 1 atom stereocenters. The van der Waals surface area contributed by atoms with Crippen LogP contribution in [0.15, 0.2) is 0 Å². The van der Waals surface area contributed by atoms with E-state index >= 15 is 0 Å². The minimum atomic E-state index is -1.04. The van der Waals surface area contributed by atoms with Crippen LogP contribution < -0.4 is 0 Å². The molecule has 0 bridgehead atoms. The molecule has 0 aromatic carbocycles. The average Bonchev–Trinajstić information content (AvgIpc) is 2.46. The van der Waals surface area contributed by atoms with E-state index < -0.39 is 23.6 Å². The molecule has 1 fully saturated rings. The van der Waals surface area contributed by atoms with Crippen molar-refractivity contribution >= 4 is 17.7 Å². The Morgan fingerprint density at radius 1 is 1.57 bits per heavy atom. The molecule has 0 aromatic rings. The van der Waals surface area contributed by atoms with Crippen LogP contribution in [0, 0.1) is 5.92 Å². The lowest BCUT2D eigenvalue weighted by Gasteiger charge is -2.12. The number of hydroxylamine groups is 2. The Kier molecular flexibility index (Phi) is 3.19. The Labute approximate surface area is 80.7 Å². The van der Waals surface area contributed by atoms with Crippen LogP contribution in [0.3, 0.4) is 0 Å². The van der Waals surface area contributed by atoms with Gasteiger partial charge in [0, 0.05) is 0 Å². The summed E-state index contributed by atoms with van der Waals surface area (Å²) in [6, 6.07) is 0. The zero-order chi connectivity index (χ0) is 10.7. The molecule has 1 heterocycles. The van der Waals surface area contributed by atoms with Gasteiger partial charge in [0.15, 0.2) is 0 Å². The molecular weight excluding hydrogens is 190 g/mol. The number of nitrogens with zero attached hydrogens (tertiary/aromatic N) is 1. The van der Waals surface area contributed by atoms with Crippen LogP contribution in [0.5, 0.6) is 0 Å². The SMILES string of the molecule is CCON1C[C@@H](C(=O)OC)C(=O)C1=O. The van der Waals surface area contributed by atoms with E-state index in [0.717, 1.165) is 5.06 Å². The topological polar surface area (TPSA) is 72.9 Å². The maximum absolute atomic E-state index is 11.2. The third-order valence-corrected chi connectivity index (χ3v) is 1.87. The lowest BCUT2D eigenvalue weighted by atomic mass is 10.1. The van der Waals surface area contributed by atoms with Crippen molar-refractivity contribution in [2.75, 3.05) is 20.3 Å². The summed E-state index contributed by atoms with van der Waals surface area (Å²) in [6.45, 7) is 1.90. The predicted molar refractivity (Wildman–Crippen MR) is 43.9 cm³/mol. The van der Waals surface area contributed by atoms with Crippen molar-refractivity contribution in [1.82, 2.24) is 5.06 Å². The van der Waals surface area contributed by atoms with Gasteiger partial charge in [0.25, 0.3) is 0 Å². The molecule has 0 radical (unpaired) electrons. The van der Waals surface area contributed by atoms with Gasteiger partial charge in [0.1, 0.15) is 5.92 Å². The Hall–Kier alpha value is -1.43. The molecule has 1 aliphatic rings. The van der Waals surface area contributed by atoms with Crippen LogP contribution >= 0.6 is 0 Å². The van der Waals surface area contributed by atoms with Crippen molar-refractivity contribution in [3.8, 4) is 0 Å². The van der Waals surface area contributed by atoms with E-state index in [0.29, 0.717) is 0 Å². The first-order valence-corrected chi connectivity index (χ1v) is 4.18. The van der Waals surface area contributed by atoms with Crippen molar-refractivity contribution in [2.24, 2.45) is 5.92 Å². The molecule has 6 nitrogen and oxygen atoms in total. The van der Waals surface area contributed by atoms with Crippen molar-refractivity contribution in [1.29, 1.82) is 0 Å². The standard InChI is InChI=1S/C8H11NO5/c1-3-14-9-4-5(8(12)13-2)6(10)7(9)11/h5H,3-4H2,1-2H3/t5-/m1/s1. The number of esters is 1. The summed E-state index contributed by atoms with van der Waals surface area (Å²) < 4.78 is 4.39. The van der Waals surface area contributed by atoms with Crippen molar-refractivity contribution in [3.05, 3.63) is 0 Å². The van der Waals surface area contributed by atoms with Gasteiger partial charge in [-0.25, -0.2) is 5.06 Å². The maximum Gasteiger partial charge on any atom is 0.318 e. The molecule has 14 heavy (non-hydrogen) atoms. The second kappa shape index (κ2) is 4.19. The van der Waals surface area contributed by atoms with Gasteiger partial charge in [-0.1, -0.05) is 0 Å². The number of ether oxygens (including phenoxy) is 1. The summed E-state index contributed by atoms with van der Waals surface area (Å²) in [5, 5.41) is 0.893. The highest BCUT2D eigenvalue weighted by molar-refractivity contribution is 6.41. The fourth-order valence-corrected chi connectivity index (χ4v) is 1.19. The molecule has 1 rings (SSSR count). The van der Waals surface area contributed by atoms with Crippen molar-refractivity contribution in [3.63, 3.8) is 0 Å². The summed E-state index contributed by atoms with van der Waals surface area (Å²) in [5.74, 6) is -3.31. The van der Waals surface area contributed by atoms with E-state index in [1.807, 2.05) is 0 Å². The number of carbonyl (C=O) groups is 3. The molecular formula is C8H11NO5. The predicted octanol–water partition coefficient (Wildman–Crippen LogP) is -0.862. The second-order valence-electron chi connectivity index (χ2n) is 2.72. The quantitative estimate of drug-likeness (QED) is 0.337. The van der Waals surface area contributed by atoms with Gasteiger partial charge in [0.2, 0.25) is 5.78 Å². The first-order chi connectivity index (χ1) is 6.61. The summed E-state index contributed by atoms with van der Waals surface area (Å²) in [7, 11) is 1.17. The van der Waals surface area contributed by atoms with Gasteiger partial charge in [-0.3, -0.25) is 19.2 Å². The number of rotatable bonds is 3. The Morgan fingerprint density at radius 2 is 2.21 bits per heavy atom. The monoisotopic (exact) mass is 201 g/mol. The zero-order valence-corrected chi connectivity index (χ0v) is 7.98. The van der Waals surface area contributed by atoms with Gasteiger partial charge < -0.3 is 4.74 Å². The maximum atomic E-state index is 11.2. The molecule has 1 aliphatic heterocycles. The molecule has 0 saturated carbocycles. The Morgan fingerprint density at radius 3 is 2.71 bits per heavy atom. The molecule has 0 aromatic heterocycles. The number of methoxy groups -OCH3 is 1. The number of hydrogen-bond acceptors (Lipinski definition) is 5. The lowest BCUT2D eigenvalue weighted by Crippen LogP contribution is -2.27. The Balaban J connectivity index is 2.71. The van der Waals surface area contributed by atoms with Crippen molar-refractivity contribution < 1.29 is 24.0 Å².